The zero-order chi connectivity index (χ0) is 15.0. The van der Waals surface area contributed by atoms with Gasteiger partial charge in [-0.05, 0) is 5.57 Å². The smallest absolute Gasteiger partial charge is 0.313 e. The Hall–Kier alpha value is -1.74. The first-order valence-corrected chi connectivity index (χ1v) is 4.81. The first kappa shape index (κ1) is 15.3. The van der Waals surface area contributed by atoms with E-state index in [2.05, 4.69) is 6.58 Å². The lowest BCUT2D eigenvalue weighted by Gasteiger charge is -2.37. The molecule has 2 amide bonds. The van der Waals surface area contributed by atoms with Crippen molar-refractivity contribution in [1.82, 2.24) is 9.80 Å². The van der Waals surface area contributed by atoms with Crippen LogP contribution in [0.5, 0.6) is 0 Å². The van der Waals surface area contributed by atoms with Crippen molar-refractivity contribution in [3.8, 4) is 0 Å². The molecule has 10 heteroatoms. The second kappa shape index (κ2) is 4.74. The van der Waals surface area contributed by atoms with Crippen LogP contribution in [0.25, 0.3) is 0 Å². The minimum absolute atomic E-state index is 0.0927. The van der Waals surface area contributed by atoms with Gasteiger partial charge in [0.15, 0.2) is 0 Å². The Morgan fingerprint density at radius 3 is 1.47 bits per heavy atom. The third-order valence-electron chi connectivity index (χ3n) is 2.23. The van der Waals surface area contributed by atoms with Gasteiger partial charge in [0.25, 0.3) is 0 Å². The van der Waals surface area contributed by atoms with Crippen LogP contribution in [0.3, 0.4) is 0 Å². The predicted molar refractivity (Wildman–Crippen MR) is 49.5 cm³/mol. The molecule has 0 saturated carbocycles. The highest BCUT2D eigenvalue weighted by atomic mass is 19.4. The van der Waals surface area contributed by atoms with E-state index in [9.17, 15) is 35.9 Å². The van der Waals surface area contributed by atoms with Gasteiger partial charge in [-0.2, -0.15) is 26.3 Å². The van der Waals surface area contributed by atoms with Crippen LogP contribution in [0.2, 0.25) is 0 Å². The minimum Gasteiger partial charge on any atom is -0.313 e. The van der Waals surface area contributed by atoms with Gasteiger partial charge in [-0.15, -0.1) is 0 Å². The maximum atomic E-state index is 12.2. The van der Waals surface area contributed by atoms with E-state index < -0.39 is 43.9 Å². The molecular formula is C9H8F6N2O2. The van der Waals surface area contributed by atoms with E-state index in [0.29, 0.717) is 0 Å². The summed E-state index contributed by atoms with van der Waals surface area (Å²) >= 11 is 0. The summed E-state index contributed by atoms with van der Waals surface area (Å²) in [6.45, 7) is 1.06. The summed E-state index contributed by atoms with van der Waals surface area (Å²) in [7, 11) is 0. The van der Waals surface area contributed by atoms with Gasteiger partial charge in [0.05, 0.1) is 6.67 Å². The monoisotopic (exact) mass is 290 g/mol. The molecule has 1 heterocycles. The summed E-state index contributed by atoms with van der Waals surface area (Å²) in [6.07, 6.45) is -10.4. The van der Waals surface area contributed by atoms with Crippen molar-refractivity contribution >= 4 is 11.8 Å². The van der Waals surface area contributed by atoms with Crippen molar-refractivity contribution in [1.29, 1.82) is 0 Å². The first-order chi connectivity index (χ1) is 8.43. The Kier molecular flexibility index (Phi) is 3.82. The number of halogens is 6. The molecule has 1 rings (SSSR count). The summed E-state index contributed by atoms with van der Waals surface area (Å²) < 4.78 is 73.1. The van der Waals surface area contributed by atoms with Crippen LogP contribution in [-0.4, -0.2) is 53.7 Å². The molecule has 19 heavy (non-hydrogen) atoms. The number of hydrogen-bond acceptors (Lipinski definition) is 2. The van der Waals surface area contributed by atoms with Crippen molar-refractivity contribution < 1.29 is 35.9 Å². The van der Waals surface area contributed by atoms with Crippen molar-refractivity contribution in [2.75, 3.05) is 19.8 Å². The van der Waals surface area contributed by atoms with Gasteiger partial charge in [0.1, 0.15) is 0 Å². The Balaban J connectivity index is 2.88. The lowest BCUT2D eigenvalue weighted by molar-refractivity contribution is -0.196. The van der Waals surface area contributed by atoms with Gasteiger partial charge >= 0.3 is 24.2 Å². The molecule has 1 aliphatic heterocycles. The number of alkyl halides is 6. The minimum atomic E-state index is -5.22. The molecule has 0 aromatic carbocycles. The number of carbonyl (C=O) groups excluding carboxylic acids is 2. The second-order valence-corrected chi connectivity index (χ2v) is 3.89. The van der Waals surface area contributed by atoms with E-state index in [-0.39, 0.29) is 15.4 Å². The largest absolute Gasteiger partial charge is 0.471 e. The number of hydrogen-bond donors (Lipinski definition) is 0. The molecule has 0 bridgehead atoms. The van der Waals surface area contributed by atoms with Gasteiger partial charge in [-0.3, -0.25) is 9.59 Å². The average Bonchev–Trinajstić information content (AvgIpc) is 2.23. The maximum Gasteiger partial charge on any atom is 0.471 e. The van der Waals surface area contributed by atoms with Crippen LogP contribution >= 0.6 is 0 Å². The van der Waals surface area contributed by atoms with Crippen molar-refractivity contribution in [3.63, 3.8) is 0 Å². The Bertz CT molecular complexity index is 378. The molecule has 108 valence electrons. The standard InChI is InChI=1S/C9H8F6N2O2/c1-5-2-16(6(18)8(10,11)12)4-17(3-5)7(19)9(13,14)15/h1-4H2. The molecule has 1 aliphatic rings. The van der Waals surface area contributed by atoms with Crippen LogP contribution in [0, 0.1) is 0 Å². The van der Waals surface area contributed by atoms with Crippen LogP contribution in [0.15, 0.2) is 12.2 Å². The highest BCUT2D eigenvalue weighted by Gasteiger charge is 2.48. The summed E-state index contributed by atoms with van der Waals surface area (Å²) in [5.41, 5.74) is -0.0959. The van der Waals surface area contributed by atoms with E-state index in [1.807, 2.05) is 0 Å². The first-order valence-electron chi connectivity index (χ1n) is 4.81. The molecule has 0 aromatic heterocycles. The van der Waals surface area contributed by atoms with Gasteiger partial charge < -0.3 is 9.80 Å². The fourth-order valence-electron chi connectivity index (χ4n) is 1.53. The Morgan fingerprint density at radius 2 is 1.21 bits per heavy atom. The van der Waals surface area contributed by atoms with Gasteiger partial charge in [-0.1, -0.05) is 6.58 Å². The summed E-state index contributed by atoms with van der Waals surface area (Å²) in [4.78, 5) is 22.0. The Labute approximate surface area is 103 Å². The fraction of sp³-hybridized carbons (Fsp3) is 0.556. The molecule has 0 atom stereocenters. The third-order valence-corrected chi connectivity index (χ3v) is 2.23. The fourth-order valence-corrected chi connectivity index (χ4v) is 1.53. The van der Waals surface area contributed by atoms with E-state index >= 15 is 0 Å². The molecule has 4 nitrogen and oxygen atoms in total. The van der Waals surface area contributed by atoms with Gasteiger partial charge in [-0.25, -0.2) is 0 Å². The zero-order valence-corrected chi connectivity index (χ0v) is 9.31. The zero-order valence-electron chi connectivity index (χ0n) is 9.31. The highest BCUT2D eigenvalue weighted by Crippen LogP contribution is 2.24. The van der Waals surface area contributed by atoms with Crippen LogP contribution < -0.4 is 0 Å². The molecule has 0 N–H and O–H groups in total. The van der Waals surface area contributed by atoms with Crippen LogP contribution in [-0.2, 0) is 9.59 Å². The lowest BCUT2D eigenvalue weighted by Crippen LogP contribution is -2.56. The van der Waals surface area contributed by atoms with Gasteiger partial charge in [0, 0.05) is 13.1 Å². The third kappa shape index (κ3) is 3.61. The van der Waals surface area contributed by atoms with Crippen molar-refractivity contribution in [3.05, 3.63) is 12.2 Å². The normalized spacial score (nSPS) is 17.7. The number of nitrogens with zero attached hydrogens (tertiary/aromatic N) is 2. The van der Waals surface area contributed by atoms with E-state index in [1.54, 1.807) is 0 Å². The number of amides is 2. The maximum absolute atomic E-state index is 12.2. The van der Waals surface area contributed by atoms with Crippen LogP contribution in [0.1, 0.15) is 0 Å². The van der Waals surface area contributed by atoms with E-state index in [0.717, 1.165) is 0 Å². The number of rotatable bonds is 0. The quantitative estimate of drug-likeness (QED) is 0.498. The molecule has 1 saturated heterocycles. The molecule has 0 aliphatic carbocycles. The Morgan fingerprint density at radius 1 is 0.895 bits per heavy atom. The van der Waals surface area contributed by atoms with Crippen LogP contribution in [0.4, 0.5) is 26.3 Å². The molecular weight excluding hydrogens is 282 g/mol. The highest BCUT2D eigenvalue weighted by molar-refractivity contribution is 5.85. The molecule has 0 aromatic rings. The summed E-state index contributed by atoms with van der Waals surface area (Å²) in [5, 5.41) is 0. The molecule has 1 fully saturated rings. The molecule has 0 spiro atoms. The summed E-state index contributed by atoms with van der Waals surface area (Å²) in [5.74, 6) is -4.62. The SMILES string of the molecule is C=C1CN(C(=O)C(F)(F)F)CN(C(=O)C(F)(F)F)C1. The van der Waals surface area contributed by atoms with Crippen molar-refractivity contribution in [2.24, 2.45) is 0 Å². The van der Waals surface area contributed by atoms with E-state index in [1.165, 1.54) is 0 Å². The summed E-state index contributed by atoms with van der Waals surface area (Å²) in [6, 6.07) is 0. The molecule has 0 unspecified atom stereocenters. The van der Waals surface area contributed by atoms with E-state index in [4.69, 9.17) is 0 Å². The predicted octanol–water partition coefficient (Wildman–Crippen LogP) is 1.30. The average molecular weight is 290 g/mol. The number of carbonyl (C=O) groups is 2. The lowest BCUT2D eigenvalue weighted by atomic mass is 10.2. The molecule has 0 radical (unpaired) electrons. The van der Waals surface area contributed by atoms with Crippen molar-refractivity contribution in [2.45, 2.75) is 12.4 Å². The van der Waals surface area contributed by atoms with Gasteiger partial charge in [0.2, 0.25) is 0 Å². The topological polar surface area (TPSA) is 40.6 Å². The second-order valence-electron chi connectivity index (χ2n) is 3.89.